The predicted octanol–water partition coefficient (Wildman–Crippen LogP) is 2.83. The van der Waals surface area contributed by atoms with Crippen molar-refractivity contribution in [2.75, 3.05) is 11.9 Å². The average Bonchev–Trinajstić information content (AvgIpc) is 3.03. The molecule has 0 amide bonds. The molecule has 5 nitrogen and oxygen atoms in total. The van der Waals surface area contributed by atoms with Crippen LogP contribution in [0.1, 0.15) is 24.3 Å². The summed E-state index contributed by atoms with van der Waals surface area (Å²) in [7, 11) is 0. The van der Waals surface area contributed by atoms with Crippen molar-refractivity contribution < 1.29 is 9.15 Å². The summed E-state index contributed by atoms with van der Waals surface area (Å²) in [6.07, 6.45) is 1.63. The second-order valence-corrected chi connectivity index (χ2v) is 4.77. The van der Waals surface area contributed by atoms with E-state index in [1.165, 1.54) is 0 Å². The number of nitrogens with zero attached hydrogens (tertiary/aromatic N) is 2. The third-order valence-electron chi connectivity index (χ3n) is 2.99. The lowest BCUT2D eigenvalue weighted by Crippen LogP contribution is -2.01. The number of aromatic nitrogens is 2. The van der Waals surface area contributed by atoms with Gasteiger partial charge in [-0.2, -0.15) is 0 Å². The molecule has 0 atom stereocenters. The molecule has 6 heteroatoms. The Morgan fingerprint density at radius 2 is 2.16 bits per heavy atom. The SMILES string of the molecule is CCc1nnc(CNc2cc(Cl)cc3c2OCC3)o1. The highest BCUT2D eigenvalue weighted by Gasteiger charge is 2.18. The molecule has 1 aliphatic heterocycles. The minimum Gasteiger partial charge on any atom is -0.491 e. The quantitative estimate of drug-likeness (QED) is 0.932. The first-order valence-corrected chi connectivity index (χ1v) is 6.64. The van der Waals surface area contributed by atoms with Gasteiger partial charge in [-0.25, -0.2) is 0 Å². The van der Waals surface area contributed by atoms with E-state index in [4.69, 9.17) is 20.8 Å². The van der Waals surface area contributed by atoms with Gasteiger partial charge in [-0.3, -0.25) is 0 Å². The molecule has 0 saturated carbocycles. The van der Waals surface area contributed by atoms with Crippen LogP contribution in [0.2, 0.25) is 5.02 Å². The molecule has 0 bridgehead atoms. The Kier molecular flexibility index (Phi) is 3.29. The molecule has 1 N–H and O–H groups in total. The monoisotopic (exact) mass is 279 g/mol. The molecule has 0 radical (unpaired) electrons. The Morgan fingerprint density at radius 3 is 2.95 bits per heavy atom. The summed E-state index contributed by atoms with van der Waals surface area (Å²) < 4.78 is 11.1. The van der Waals surface area contributed by atoms with Gasteiger partial charge in [-0.1, -0.05) is 18.5 Å². The fraction of sp³-hybridized carbons (Fsp3) is 0.385. The summed E-state index contributed by atoms with van der Waals surface area (Å²) in [5.74, 6) is 2.08. The average molecular weight is 280 g/mol. The van der Waals surface area contributed by atoms with E-state index in [1.807, 2.05) is 19.1 Å². The maximum Gasteiger partial charge on any atom is 0.235 e. The Balaban J connectivity index is 1.76. The second-order valence-electron chi connectivity index (χ2n) is 4.34. The zero-order chi connectivity index (χ0) is 13.2. The number of ether oxygens (including phenoxy) is 1. The van der Waals surface area contributed by atoms with Gasteiger partial charge in [0.05, 0.1) is 18.8 Å². The van der Waals surface area contributed by atoms with Crippen molar-refractivity contribution in [3.8, 4) is 5.75 Å². The van der Waals surface area contributed by atoms with Gasteiger partial charge in [0.25, 0.3) is 0 Å². The van der Waals surface area contributed by atoms with Crippen LogP contribution in [0.15, 0.2) is 16.5 Å². The Bertz CT molecular complexity index is 598. The Hall–Kier alpha value is -1.75. The summed E-state index contributed by atoms with van der Waals surface area (Å²) >= 11 is 6.09. The predicted molar refractivity (Wildman–Crippen MR) is 71.7 cm³/mol. The fourth-order valence-corrected chi connectivity index (χ4v) is 2.31. The van der Waals surface area contributed by atoms with E-state index in [0.29, 0.717) is 30.0 Å². The highest BCUT2D eigenvalue weighted by atomic mass is 35.5. The number of hydrogen-bond donors (Lipinski definition) is 1. The lowest BCUT2D eigenvalue weighted by atomic mass is 10.1. The number of rotatable bonds is 4. The zero-order valence-corrected chi connectivity index (χ0v) is 11.3. The van der Waals surface area contributed by atoms with E-state index < -0.39 is 0 Å². The minimum atomic E-state index is 0.461. The molecule has 100 valence electrons. The molecule has 0 fully saturated rings. The van der Waals surface area contributed by atoms with Gasteiger partial charge in [0, 0.05) is 23.4 Å². The van der Waals surface area contributed by atoms with E-state index in [-0.39, 0.29) is 0 Å². The second kappa shape index (κ2) is 5.09. The third kappa shape index (κ3) is 2.51. The maximum atomic E-state index is 6.09. The highest BCUT2D eigenvalue weighted by molar-refractivity contribution is 6.31. The summed E-state index contributed by atoms with van der Waals surface area (Å²) in [5, 5.41) is 11.8. The molecular formula is C13H14ClN3O2. The van der Waals surface area contributed by atoms with Crippen molar-refractivity contribution in [1.82, 2.24) is 10.2 Å². The van der Waals surface area contributed by atoms with Crippen molar-refractivity contribution in [3.63, 3.8) is 0 Å². The van der Waals surface area contributed by atoms with Gasteiger partial charge < -0.3 is 14.5 Å². The van der Waals surface area contributed by atoms with E-state index in [0.717, 1.165) is 29.8 Å². The maximum absolute atomic E-state index is 6.09. The van der Waals surface area contributed by atoms with Crippen LogP contribution < -0.4 is 10.1 Å². The van der Waals surface area contributed by atoms with Crippen LogP contribution in [0.5, 0.6) is 5.75 Å². The molecule has 3 rings (SSSR count). The third-order valence-corrected chi connectivity index (χ3v) is 3.21. The highest BCUT2D eigenvalue weighted by Crippen LogP contribution is 2.36. The first-order valence-electron chi connectivity index (χ1n) is 6.26. The van der Waals surface area contributed by atoms with Crippen LogP contribution in [0.3, 0.4) is 0 Å². The van der Waals surface area contributed by atoms with Gasteiger partial charge in [0.1, 0.15) is 5.75 Å². The van der Waals surface area contributed by atoms with Crippen molar-refractivity contribution in [3.05, 3.63) is 34.5 Å². The Morgan fingerprint density at radius 1 is 1.32 bits per heavy atom. The zero-order valence-electron chi connectivity index (χ0n) is 10.6. The number of hydrogen-bond acceptors (Lipinski definition) is 5. The topological polar surface area (TPSA) is 60.2 Å². The first kappa shape index (κ1) is 12.3. The smallest absolute Gasteiger partial charge is 0.235 e. The molecule has 1 aliphatic rings. The largest absolute Gasteiger partial charge is 0.491 e. The molecule has 2 heterocycles. The minimum absolute atomic E-state index is 0.461. The van der Waals surface area contributed by atoms with E-state index >= 15 is 0 Å². The molecule has 0 spiro atoms. The number of halogens is 1. The number of benzene rings is 1. The molecule has 0 saturated heterocycles. The number of anilines is 1. The van der Waals surface area contributed by atoms with Gasteiger partial charge in [0.2, 0.25) is 11.8 Å². The Labute approximate surface area is 115 Å². The molecule has 0 aliphatic carbocycles. The van der Waals surface area contributed by atoms with Crippen LogP contribution in [0.4, 0.5) is 5.69 Å². The fourth-order valence-electron chi connectivity index (χ4n) is 2.07. The molecule has 1 aromatic heterocycles. The van der Waals surface area contributed by atoms with E-state index in [1.54, 1.807) is 0 Å². The van der Waals surface area contributed by atoms with Crippen LogP contribution >= 0.6 is 11.6 Å². The molecule has 19 heavy (non-hydrogen) atoms. The van der Waals surface area contributed by atoms with Gasteiger partial charge in [0.15, 0.2) is 0 Å². The normalized spacial score (nSPS) is 13.2. The van der Waals surface area contributed by atoms with Crippen LogP contribution in [0, 0.1) is 0 Å². The van der Waals surface area contributed by atoms with E-state index in [9.17, 15) is 0 Å². The van der Waals surface area contributed by atoms with Crippen molar-refractivity contribution >= 4 is 17.3 Å². The molecule has 2 aromatic rings. The summed E-state index contributed by atoms with van der Waals surface area (Å²) in [6.45, 7) is 3.14. The summed E-state index contributed by atoms with van der Waals surface area (Å²) in [6, 6.07) is 3.79. The van der Waals surface area contributed by atoms with Gasteiger partial charge in [-0.05, 0) is 12.1 Å². The molecule has 1 aromatic carbocycles. The van der Waals surface area contributed by atoms with Crippen LogP contribution in [0.25, 0.3) is 0 Å². The standard InChI is InChI=1S/C13H14ClN3O2/c1-2-11-16-17-12(19-11)7-15-10-6-9(14)5-8-3-4-18-13(8)10/h5-6,15H,2-4,7H2,1H3. The summed E-state index contributed by atoms with van der Waals surface area (Å²) in [5.41, 5.74) is 2.01. The number of fused-ring (bicyclic) bond motifs is 1. The molecule has 0 unspecified atom stereocenters. The lowest BCUT2D eigenvalue weighted by molar-refractivity contribution is 0.358. The van der Waals surface area contributed by atoms with Gasteiger partial charge >= 0.3 is 0 Å². The van der Waals surface area contributed by atoms with Gasteiger partial charge in [-0.15, -0.1) is 10.2 Å². The van der Waals surface area contributed by atoms with Crippen molar-refractivity contribution in [2.24, 2.45) is 0 Å². The number of aryl methyl sites for hydroxylation is 1. The van der Waals surface area contributed by atoms with E-state index in [2.05, 4.69) is 15.5 Å². The first-order chi connectivity index (χ1) is 9.26. The lowest BCUT2D eigenvalue weighted by Gasteiger charge is -2.09. The molecular weight excluding hydrogens is 266 g/mol. The van der Waals surface area contributed by atoms with Crippen molar-refractivity contribution in [2.45, 2.75) is 26.3 Å². The van der Waals surface area contributed by atoms with Crippen molar-refractivity contribution in [1.29, 1.82) is 0 Å². The number of nitrogens with one attached hydrogen (secondary N) is 1. The summed E-state index contributed by atoms with van der Waals surface area (Å²) in [4.78, 5) is 0. The van der Waals surface area contributed by atoms with Crippen LogP contribution in [-0.4, -0.2) is 16.8 Å². The van der Waals surface area contributed by atoms with Crippen LogP contribution in [-0.2, 0) is 19.4 Å².